The Morgan fingerprint density at radius 2 is 0.826 bits per heavy atom. The first-order valence-corrected chi connectivity index (χ1v) is 12.0. The average Bonchev–Trinajstić information content (AvgIpc) is 2.89. The summed E-state index contributed by atoms with van der Waals surface area (Å²) in [5.41, 5.74) is 0. The van der Waals surface area contributed by atoms with Gasteiger partial charge in [-0.1, -0.05) is 42.5 Å². The van der Waals surface area contributed by atoms with Gasteiger partial charge in [-0.25, -0.2) is 0 Å². The van der Waals surface area contributed by atoms with Crippen LogP contribution in [0.15, 0.2) is 0 Å². The van der Waals surface area contributed by atoms with E-state index in [1.807, 2.05) is 6.92 Å². The van der Waals surface area contributed by atoms with Crippen LogP contribution in [0.1, 0.15) is 61.8 Å². The summed E-state index contributed by atoms with van der Waals surface area (Å²) in [5, 5.41) is 8.29. The number of hydrogen-bond acceptors (Lipinski definition) is 5. The van der Waals surface area contributed by atoms with Crippen molar-refractivity contribution in [1.82, 2.24) is 0 Å². The molecule has 0 aromatic carbocycles. The molecule has 22 heteroatoms. The monoisotopic (exact) mass is 726 g/mol. The predicted octanol–water partition coefficient (Wildman–Crippen LogP) is 8.82. The molecule has 0 fully saturated rings. The number of rotatable bonds is 15. The standard InChI is InChI=1S/C15H13F17O2.C7H14O3.2CH4/c1-3-6(2)7(33)34-5-4-8(16,17)9(18,19)10(20,21)11(22,23)12(24,25)13(26,27)14(28,29)15(30,31)32;1-3-6(2)7(9)10-5-4-8;;/h6H,3-5H2,1-2H3;6,8H,3-5H2,1-2H3;2*1H4. The van der Waals surface area contributed by atoms with Crippen molar-refractivity contribution in [3.8, 4) is 0 Å². The molecule has 5 nitrogen and oxygen atoms in total. The van der Waals surface area contributed by atoms with Gasteiger partial charge in [-0.3, -0.25) is 9.59 Å². The fourth-order valence-corrected chi connectivity index (χ4v) is 2.40. The van der Waals surface area contributed by atoms with Crippen LogP contribution in [0.25, 0.3) is 0 Å². The van der Waals surface area contributed by atoms with Crippen LogP contribution in [-0.4, -0.2) is 84.5 Å². The molecule has 0 bridgehead atoms. The number of aliphatic hydroxyl groups is 1. The first-order chi connectivity index (χ1) is 19.3. The van der Waals surface area contributed by atoms with Crippen LogP contribution in [-0.2, 0) is 19.1 Å². The lowest BCUT2D eigenvalue weighted by molar-refractivity contribution is -0.461. The van der Waals surface area contributed by atoms with Crippen molar-refractivity contribution in [3.63, 3.8) is 0 Å². The molecule has 0 aliphatic carbocycles. The first kappa shape index (κ1) is 50.6. The van der Waals surface area contributed by atoms with Crippen molar-refractivity contribution in [1.29, 1.82) is 0 Å². The molecule has 0 aliphatic rings. The lowest BCUT2D eigenvalue weighted by Crippen LogP contribution is -2.74. The van der Waals surface area contributed by atoms with Crippen LogP contribution >= 0.6 is 0 Å². The average molecular weight is 727 g/mol. The third-order valence-electron chi connectivity index (χ3n) is 5.81. The first-order valence-electron chi connectivity index (χ1n) is 12.0. The molecule has 0 spiro atoms. The summed E-state index contributed by atoms with van der Waals surface area (Å²) in [6, 6.07) is 0. The Hall–Kier alpha value is -2.29. The van der Waals surface area contributed by atoms with Gasteiger partial charge in [-0.2, -0.15) is 74.6 Å². The maximum atomic E-state index is 13.6. The van der Waals surface area contributed by atoms with Gasteiger partial charge in [0, 0.05) is 0 Å². The van der Waals surface area contributed by atoms with Gasteiger partial charge in [0.1, 0.15) is 6.61 Å². The van der Waals surface area contributed by atoms with Crippen molar-refractivity contribution in [2.24, 2.45) is 11.8 Å². The molecular weight excluding hydrogens is 691 g/mol. The van der Waals surface area contributed by atoms with Crippen LogP contribution in [0, 0.1) is 11.8 Å². The quantitative estimate of drug-likeness (QED) is 0.135. The molecular formula is C24H35F17O5. The topological polar surface area (TPSA) is 72.8 Å². The van der Waals surface area contributed by atoms with Crippen LogP contribution < -0.4 is 0 Å². The third-order valence-corrected chi connectivity index (χ3v) is 5.81. The van der Waals surface area contributed by atoms with E-state index in [2.05, 4.69) is 9.47 Å². The highest BCUT2D eigenvalue weighted by atomic mass is 19.4. The zero-order valence-electron chi connectivity index (χ0n) is 22.9. The van der Waals surface area contributed by atoms with Crippen molar-refractivity contribution in [2.75, 3.05) is 19.8 Å². The number of alkyl halides is 17. The van der Waals surface area contributed by atoms with Crippen LogP contribution in [0.4, 0.5) is 74.6 Å². The highest BCUT2D eigenvalue weighted by molar-refractivity contribution is 5.72. The molecule has 46 heavy (non-hydrogen) atoms. The minimum absolute atomic E-state index is 0. The maximum Gasteiger partial charge on any atom is 0.460 e. The fraction of sp³-hybridized carbons (Fsp3) is 0.917. The van der Waals surface area contributed by atoms with Crippen molar-refractivity contribution in [3.05, 3.63) is 0 Å². The number of carbonyl (C=O) groups is 2. The Morgan fingerprint density at radius 1 is 0.543 bits per heavy atom. The molecule has 280 valence electrons. The van der Waals surface area contributed by atoms with Gasteiger partial charge in [-0.05, 0) is 12.8 Å². The molecule has 0 amide bonds. The molecule has 1 N–H and O–H groups in total. The summed E-state index contributed by atoms with van der Waals surface area (Å²) >= 11 is 0. The van der Waals surface area contributed by atoms with E-state index in [1.54, 1.807) is 6.92 Å². The largest absolute Gasteiger partial charge is 0.465 e. The highest BCUT2D eigenvalue weighted by Gasteiger charge is 2.95. The molecule has 0 radical (unpaired) electrons. The summed E-state index contributed by atoms with van der Waals surface area (Å²) in [5.74, 6) is -59.4. The normalized spacial score (nSPS) is 14.9. The maximum absolute atomic E-state index is 13.6. The van der Waals surface area contributed by atoms with Crippen molar-refractivity contribution < 1.29 is 98.8 Å². The van der Waals surface area contributed by atoms with E-state index in [-0.39, 0.29) is 46.4 Å². The Morgan fingerprint density at radius 3 is 1.11 bits per heavy atom. The van der Waals surface area contributed by atoms with E-state index in [1.165, 1.54) is 6.92 Å². The van der Waals surface area contributed by atoms with Crippen molar-refractivity contribution in [2.45, 2.75) is 109 Å². The number of carbonyl (C=O) groups excluding carboxylic acids is 2. The number of halogens is 17. The van der Waals surface area contributed by atoms with E-state index >= 15 is 0 Å². The van der Waals surface area contributed by atoms with E-state index in [4.69, 9.17) is 5.11 Å². The van der Waals surface area contributed by atoms with Crippen LogP contribution in [0.2, 0.25) is 0 Å². The molecule has 2 unspecified atom stereocenters. The zero-order chi connectivity index (χ0) is 36.0. The molecule has 0 saturated heterocycles. The van der Waals surface area contributed by atoms with Crippen LogP contribution in [0.3, 0.4) is 0 Å². The second-order valence-corrected chi connectivity index (χ2v) is 9.08. The molecule has 0 saturated carbocycles. The molecule has 0 rings (SSSR count). The molecule has 0 aromatic rings. The van der Waals surface area contributed by atoms with Gasteiger partial charge in [0.15, 0.2) is 0 Å². The number of ether oxygens (including phenoxy) is 2. The highest BCUT2D eigenvalue weighted by Crippen LogP contribution is 2.64. The van der Waals surface area contributed by atoms with Crippen LogP contribution in [0.5, 0.6) is 0 Å². The van der Waals surface area contributed by atoms with Gasteiger partial charge >= 0.3 is 59.6 Å². The van der Waals surface area contributed by atoms with Crippen molar-refractivity contribution >= 4 is 11.9 Å². The summed E-state index contributed by atoms with van der Waals surface area (Å²) in [6.07, 6.45) is -9.84. The van der Waals surface area contributed by atoms with E-state index in [0.717, 1.165) is 13.3 Å². The third kappa shape index (κ3) is 9.86. The SMILES string of the molecule is C.C.CCC(C)C(=O)OCCC(F)(F)C(F)(F)C(F)(F)C(F)(F)C(F)(F)C(F)(F)C(F)(F)C(F)(F)F.CCC(C)C(=O)OCCO. The second-order valence-electron chi connectivity index (χ2n) is 9.08. The summed E-state index contributed by atoms with van der Waals surface area (Å²) < 4.78 is 231. The summed E-state index contributed by atoms with van der Waals surface area (Å²) in [7, 11) is 0. The summed E-state index contributed by atoms with van der Waals surface area (Å²) in [4.78, 5) is 22.0. The molecule has 0 aromatic heterocycles. The lowest BCUT2D eigenvalue weighted by Gasteiger charge is -2.42. The predicted molar refractivity (Wildman–Crippen MR) is 127 cm³/mol. The van der Waals surface area contributed by atoms with E-state index in [0.29, 0.717) is 0 Å². The smallest absolute Gasteiger partial charge is 0.460 e. The molecule has 0 heterocycles. The van der Waals surface area contributed by atoms with E-state index in [9.17, 15) is 84.2 Å². The fourth-order valence-electron chi connectivity index (χ4n) is 2.40. The minimum atomic E-state index is -8.66. The van der Waals surface area contributed by atoms with Gasteiger partial charge in [0.2, 0.25) is 0 Å². The molecule has 0 aliphatic heterocycles. The van der Waals surface area contributed by atoms with E-state index < -0.39 is 72.5 Å². The summed E-state index contributed by atoms with van der Waals surface area (Å²) in [6.45, 7) is 4.25. The van der Waals surface area contributed by atoms with Gasteiger partial charge in [0.05, 0.1) is 31.5 Å². The minimum Gasteiger partial charge on any atom is -0.465 e. The Labute approximate surface area is 252 Å². The van der Waals surface area contributed by atoms with Gasteiger partial charge < -0.3 is 14.6 Å². The Bertz CT molecular complexity index is 936. The lowest BCUT2D eigenvalue weighted by atomic mass is 9.88. The number of aliphatic hydroxyl groups excluding tert-OH is 1. The number of hydrogen-bond donors (Lipinski definition) is 1. The second kappa shape index (κ2) is 17.2. The molecule has 2 atom stereocenters. The van der Waals surface area contributed by atoms with Gasteiger partial charge in [0.25, 0.3) is 0 Å². The zero-order valence-corrected chi connectivity index (χ0v) is 22.9. The Kier molecular flexibility index (Phi) is 18.9. The Balaban J connectivity index is -0.000000630. The van der Waals surface area contributed by atoms with Gasteiger partial charge in [-0.15, -0.1) is 0 Å². The number of esters is 2.